The Morgan fingerprint density at radius 1 is 1.38 bits per heavy atom. The van der Waals surface area contributed by atoms with Crippen LogP contribution < -0.4 is 10.1 Å². The van der Waals surface area contributed by atoms with Crippen molar-refractivity contribution < 1.29 is 9.53 Å². The summed E-state index contributed by atoms with van der Waals surface area (Å²) >= 11 is 0. The molecule has 0 bridgehead atoms. The van der Waals surface area contributed by atoms with Gasteiger partial charge in [0.1, 0.15) is 5.75 Å². The van der Waals surface area contributed by atoms with Crippen molar-refractivity contribution in [1.82, 2.24) is 10.2 Å². The molecule has 5 heteroatoms. The highest BCUT2D eigenvalue weighted by molar-refractivity contribution is 5.91. The van der Waals surface area contributed by atoms with E-state index in [9.17, 15) is 4.79 Å². The van der Waals surface area contributed by atoms with Crippen molar-refractivity contribution in [3.63, 3.8) is 0 Å². The molecule has 1 aromatic heterocycles. The molecular weight excluding hydrogens is 266 g/mol. The molecule has 0 saturated heterocycles. The van der Waals surface area contributed by atoms with Crippen LogP contribution in [0.25, 0.3) is 0 Å². The van der Waals surface area contributed by atoms with Gasteiger partial charge in [-0.1, -0.05) is 18.6 Å². The van der Waals surface area contributed by atoms with E-state index in [0.717, 1.165) is 17.0 Å². The minimum Gasteiger partial charge on any atom is -0.497 e. The molecule has 1 heterocycles. The van der Waals surface area contributed by atoms with Crippen LogP contribution >= 0.6 is 0 Å². The molecule has 1 aliphatic rings. The Hall–Kier alpha value is -2.30. The average molecular weight is 285 g/mol. The molecule has 1 fully saturated rings. The molecule has 1 aromatic carbocycles. The van der Waals surface area contributed by atoms with Gasteiger partial charge in [0.05, 0.1) is 13.5 Å². The minimum absolute atomic E-state index is 0.0631. The van der Waals surface area contributed by atoms with Gasteiger partial charge in [0.25, 0.3) is 0 Å². The third-order valence-corrected chi connectivity index (χ3v) is 3.93. The maximum absolute atomic E-state index is 12.0. The third-order valence-electron chi connectivity index (χ3n) is 3.93. The van der Waals surface area contributed by atoms with Crippen LogP contribution in [0.5, 0.6) is 5.75 Å². The maximum atomic E-state index is 12.0. The highest BCUT2D eigenvalue weighted by Gasteiger charge is 2.21. The van der Waals surface area contributed by atoms with Crippen LogP contribution in [0.1, 0.15) is 36.4 Å². The van der Waals surface area contributed by atoms with E-state index in [1.54, 1.807) is 7.11 Å². The van der Waals surface area contributed by atoms with E-state index < -0.39 is 0 Å². The van der Waals surface area contributed by atoms with Crippen molar-refractivity contribution in [2.75, 3.05) is 12.4 Å². The fourth-order valence-corrected chi connectivity index (χ4v) is 2.44. The molecule has 1 saturated carbocycles. The molecule has 2 aromatic rings. The topological polar surface area (TPSA) is 67.0 Å². The van der Waals surface area contributed by atoms with Crippen LogP contribution in [0.2, 0.25) is 0 Å². The highest BCUT2D eigenvalue weighted by atomic mass is 16.5. The molecule has 2 N–H and O–H groups in total. The maximum Gasteiger partial charge on any atom is 0.229 e. The molecule has 0 radical (unpaired) electrons. The first-order valence-electron chi connectivity index (χ1n) is 7.22. The van der Waals surface area contributed by atoms with Gasteiger partial charge in [-0.25, -0.2) is 0 Å². The van der Waals surface area contributed by atoms with Gasteiger partial charge in [-0.05, 0) is 30.5 Å². The first kappa shape index (κ1) is 13.7. The number of anilines is 1. The lowest BCUT2D eigenvalue weighted by molar-refractivity contribution is -0.115. The summed E-state index contributed by atoms with van der Waals surface area (Å²) in [5, 5.41) is 9.99. The number of benzene rings is 1. The Bertz CT molecular complexity index is 615. The first-order valence-corrected chi connectivity index (χ1v) is 7.22. The summed E-state index contributed by atoms with van der Waals surface area (Å²) in [4.78, 5) is 12.0. The van der Waals surface area contributed by atoms with Gasteiger partial charge in [-0.3, -0.25) is 9.89 Å². The molecule has 0 unspecified atom stereocenters. The van der Waals surface area contributed by atoms with Gasteiger partial charge in [0.15, 0.2) is 5.82 Å². The van der Waals surface area contributed by atoms with Crippen LogP contribution in [-0.2, 0) is 11.2 Å². The Balaban J connectivity index is 1.56. The summed E-state index contributed by atoms with van der Waals surface area (Å²) in [6.07, 6.45) is 4.03. The number of carbonyl (C=O) groups is 1. The van der Waals surface area contributed by atoms with E-state index in [1.807, 2.05) is 30.3 Å². The fourth-order valence-electron chi connectivity index (χ4n) is 2.44. The van der Waals surface area contributed by atoms with Crippen molar-refractivity contribution in [1.29, 1.82) is 0 Å². The number of aromatic nitrogens is 2. The normalized spacial score (nSPS) is 14.5. The van der Waals surface area contributed by atoms with E-state index in [2.05, 4.69) is 15.5 Å². The Kier molecular flexibility index (Phi) is 3.90. The van der Waals surface area contributed by atoms with Gasteiger partial charge in [-0.2, -0.15) is 5.10 Å². The summed E-state index contributed by atoms with van der Waals surface area (Å²) in [6, 6.07) is 9.43. The zero-order valence-electron chi connectivity index (χ0n) is 12.1. The van der Waals surface area contributed by atoms with Gasteiger partial charge < -0.3 is 10.1 Å². The highest BCUT2D eigenvalue weighted by Crippen LogP contribution is 2.35. The van der Waals surface area contributed by atoms with E-state index in [-0.39, 0.29) is 5.91 Å². The van der Waals surface area contributed by atoms with E-state index in [1.165, 1.54) is 19.3 Å². The van der Waals surface area contributed by atoms with Crippen molar-refractivity contribution in [3.05, 3.63) is 41.6 Å². The molecule has 0 aliphatic heterocycles. The molecule has 0 atom stereocenters. The number of amides is 1. The summed E-state index contributed by atoms with van der Waals surface area (Å²) in [5.74, 6) is 1.92. The van der Waals surface area contributed by atoms with Crippen molar-refractivity contribution in [2.45, 2.75) is 31.6 Å². The van der Waals surface area contributed by atoms with Crippen LogP contribution in [-0.4, -0.2) is 23.2 Å². The number of nitrogens with zero attached hydrogens (tertiary/aromatic N) is 1. The Morgan fingerprint density at radius 3 is 2.76 bits per heavy atom. The summed E-state index contributed by atoms with van der Waals surface area (Å²) < 4.78 is 5.10. The van der Waals surface area contributed by atoms with Crippen molar-refractivity contribution in [2.24, 2.45) is 0 Å². The number of hydrogen-bond donors (Lipinski definition) is 2. The Labute approximate surface area is 123 Å². The molecule has 1 amide bonds. The van der Waals surface area contributed by atoms with Crippen LogP contribution in [0, 0.1) is 0 Å². The lowest BCUT2D eigenvalue weighted by atomic mass is 9.83. The van der Waals surface area contributed by atoms with E-state index >= 15 is 0 Å². The van der Waals surface area contributed by atoms with Gasteiger partial charge in [0.2, 0.25) is 5.91 Å². The van der Waals surface area contributed by atoms with E-state index in [0.29, 0.717) is 18.2 Å². The number of hydrogen-bond acceptors (Lipinski definition) is 3. The summed E-state index contributed by atoms with van der Waals surface area (Å²) in [5.41, 5.74) is 2.07. The molecule has 3 rings (SSSR count). The number of ether oxygens (including phenoxy) is 1. The summed E-state index contributed by atoms with van der Waals surface area (Å²) in [7, 11) is 1.62. The predicted octanol–water partition coefficient (Wildman–Crippen LogP) is 2.87. The number of aromatic amines is 1. The second-order valence-corrected chi connectivity index (χ2v) is 5.41. The molecular formula is C16H19N3O2. The second-order valence-electron chi connectivity index (χ2n) is 5.41. The zero-order valence-corrected chi connectivity index (χ0v) is 12.1. The number of carbonyl (C=O) groups excluding carboxylic acids is 1. The van der Waals surface area contributed by atoms with Crippen LogP contribution in [0.4, 0.5) is 5.82 Å². The third kappa shape index (κ3) is 3.24. The lowest BCUT2D eigenvalue weighted by Crippen LogP contribution is -2.14. The number of H-pyrrole nitrogens is 1. The smallest absolute Gasteiger partial charge is 0.229 e. The zero-order chi connectivity index (χ0) is 14.7. The minimum atomic E-state index is -0.0631. The van der Waals surface area contributed by atoms with Gasteiger partial charge >= 0.3 is 0 Å². The van der Waals surface area contributed by atoms with Gasteiger partial charge in [-0.15, -0.1) is 0 Å². The Morgan fingerprint density at radius 2 is 2.14 bits per heavy atom. The molecule has 0 spiro atoms. The number of methoxy groups -OCH3 is 1. The SMILES string of the molecule is COc1ccc(CC(=O)Nc2cc(C3CCC3)[nH]n2)cc1. The number of rotatable bonds is 5. The summed E-state index contributed by atoms with van der Waals surface area (Å²) in [6.45, 7) is 0. The van der Waals surface area contributed by atoms with Crippen LogP contribution in [0.15, 0.2) is 30.3 Å². The van der Waals surface area contributed by atoms with Gasteiger partial charge in [0, 0.05) is 17.7 Å². The van der Waals surface area contributed by atoms with E-state index in [4.69, 9.17) is 4.74 Å². The predicted molar refractivity (Wildman–Crippen MR) is 80.5 cm³/mol. The number of nitrogens with one attached hydrogen (secondary N) is 2. The monoisotopic (exact) mass is 285 g/mol. The second kappa shape index (κ2) is 5.99. The molecule has 1 aliphatic carbocycles. The average Bonchev–Trinajstić information content (AvgIpc) is 2.85. The molecule has 110 valence electrons. The van der Waals surface area contributed by atoms with Crippen LogP contribution in [0.3, 0.4) is 0 Å². The lowest BCUT2D eigenvalue weighted by Gasteiger charge is -2.23. The quantitative estimate of drug-likeness (QED) is 0.887. The largest absolute Gasteiger partial charge is 0.497 e. The first-order chi connectivity index (χ1) is 10.2. The van der Waals surface area contributed by atoms with Crippen molar-refractivity contribution in [3.8, 4) is 5.75 Å². The van der Waals surface area contributed by atoms with Crippen molar-refractivity contribution >= 4 is 11.7 Å². The standard InChI is InChI=1S/C16H19N3O2/c1-21-13-7-5-11(6-8-13)9-16(20)17-15-10-14(18-19-15)12-3-2-4-12/h5-8,10,12H,2-4,9H2,1H3,(H2,17,18,19,20). The molecule has 5 nitrogen and oxygen atoms in total. The fraction of sp³-hybridized carbons (Fsp3) is 0.375. The molecule has 21 heavy (non-hydrogen) atoms.